The minimum atomic E-state index is -0.385. The van der Waals surface area contributed by atoms with Gasteiger partial charge in [0.1, 0.15) is 0 Å². The van der Waals surface area contributed by atoms with Gasteiger partial charge in [-0.15, -0.1) is 0 Å². The molecule has 0 amide bonds. The summed E-state index contributed by atoms with van der Waals surface area (Å²) >= 11 is 5.52. The Kier molecular flexibility index (Phi) is 2.30. The number of carbonyl (C=O) groups is 2. The lowest BCUT2D eigenvalue weighted by Gasteiger charge is -2.34. The molecule has 0 spiro atoms. The molecule has 0 heterocycles. The van der Waals surface area contributed by atoms with E-state index in [1.807, 2.05) is 0 Å². The summed E-state index contributed by atoms with van der Waals surface area (Å²) in [6.45, 7) is 2.20. The van der Waals surface area contributed by atoms with Crippen LogP contribution in [0.5, 0.6) is 0 Å². The first-order valence-corrected chi connectivity index (χ1v) is 5.33. The summed E-state index contributed by atoms with van der Waals surface area (Å²) in [5, 5.41) is -0.277. The average molecular weight is 217 g/mol. The van der Waals surface area contributed by atoms with Crippen LogP contribution in [0.25, 0.3) is 0 Å². The molecule has 3 rings (SSSR count). The largest absolute Gasteiger partial charge is 0.466 e. The highest BCUT2D eigenvalue weighted by molar-refractivity contribution is 6.64. The third-order valence-electron chi connectivity index (χ3n) is 3.49. The molecule has 3 fully saturated rings. The highest BCUT2D eigenvalue weighted by atomic mass is 35.5. The second-order valence-corrected chi connectivity index (χ2v) is 4.63. The van der Waals surface area contributed by atoms with E-state index in [-0.39, 0.29) is 22.5 Å². The van der Waals surface area contributed by atoms with Gasteiger partial charge in [-0.05, 0) is 43.7 Å². The van der Waals surface area contributed by atoms with Crippen LogP contribution in [0.1, 0.15) is 26.2 Å². The van der Waals surface area contributed by atoms with Gasteiger partial charge in [-0.2, -0.15) is 0 Å². The molecule has 14 heavy (non-hydrogen) atoms. The molecule has 3 saturated carbocycles. The number of rotatable bonds is 3. The highest BCUT2D eigenvalue weighted by Gasteiger charge is 2.61. The summed E-state index contributed by atoms with van der Waals surface area (Å²) in [6.07, 6.45) is 2.15. The second-order valence-electron chi connectivity index (χ2n) is 4.29. The van der Waals surface area contributed by atoms with E-state index in [1.165, 1.54) is 0 Å². The van der Waals surface area contributed by atoms with Gasteiger partial charge < -0.3 is 4.74 Å². The Bertz CT molecular complexity index is 281. The second kappa shape index (κ2) is 3.23. The van der Waals surface area contributed by atoms with E-state index < -0.39 is 0 Å². The molecule has 0 saturated heterocycles. The molecule has 1 atom stereocenters. The summed E-state index contributed by atoms with van der Waals surface area (Å²) < 4.78 is 4.95. The first kappa shape index (κ1) is 9.97. The van der Waals surface area contributed by atoms with Crippen molar-refractivity contribution in [2.45, 2.75) is 26.2 Å². The Morgan fingerprint density at radius 2 is 2.07 bits per heavy atom. The van der Waals surface area contributed by atoms with Crippen molar-refractivity contribution >= 4 is 22.8 Å². The van der Waals surface area contributed by atoms with Crippen molar-refractivity contribution in [1.29, 1.82) is 0 Å². The van der Waals surface area contributed by atoms with Gasteiger partial charge in [-0.25, -0.2) is 0 Å². The van der Waals surface area contributed by atoms with Crippen molar-refractivity contribution in [3.8, 4) is 0 Å². The van der Waals surface area contributed by atoms with E-state index in [4.69, 9.17) is 16.3 Å². The van der Waals surface area contributed by atoms with Gasteiger partial charge in [0.05, 0.1) is 12.5 Å². The van der Waals surface area contributed by atoms with Crippen LogP contribution in [0.3, 0.4) is 0 Å². The fraction of sp³-hybridized carbons (Fsp3) is 0.800. The molecule has 1 unspecified atom stereocenters. The van der Waals surface area contributed by atoms with Crippen LogP contribution in [-0.2, 0) is 14.3 Å². The number of halogens is 1. The lowest BCUT2D eigenvalue weighted by atomic mass is 9.70. The molecule has 0 aliphatic heterocycles. The standard InChI is InChI=1S/C10H13ClO3/c1-2-14-8(12)7-5-10(9(11)13)3-6(7)4-10/h6-7H,2-5H2,1H3. The lowest BCUT2D eigenvalue weighted by molar-refractivity contribution is -0.148. The third kappa shape index (κ3) is 1.26. The Hall–Kier alpha value is -0.570. The van der Waals surface area contributed by atoms with Crippen molar-refractivity contribution < 1.29 is 14.3 Å². The zero-order valence-electron chi connectivity index (χ0n) is 8.09. The van der Waals surface area contributed by atoms with Gasteiger partial charge in [0.25, 0.3) is 0 Å². The molecule has 3 aliphatic rings. The Balaban J connectivity index is 2.02. The minimum absolute atomic E-state index is 0.0855. The van der Waals surface area contributed by atoms with Crippen LogP contribution in [-0.4, -0.2) is 17.8 Å². The fourth-order valence-electron chi connectivity index (χ4n) is 2.75. The van der Waals surface area contributed by atoms with Crippen LogP contribution in [0.4, 0.5) is 0 Å². The van der Waals surface area contributed by atoms with E-state index >= 15 is 0 Å². The fourth-order valence-corrected chi connectivity index (χ4v) is 2.98. The molecule has 78 valence electrons. The molecule has 4 heteroatoms. The monoisotopic (exact) mass is 216 g/mol. The molecular weight excluding hydrogens is 204 g/mol. The maximum atomic E-state index is 11.5. The number of carbonyl (C=O) groups excluding carboxylic acids is 2. The van der Waals surface area contributed by atoms with Gasteiger partial charge in [-0.3, -0.25) is 9.59 Å². The number of ether oxygens (including phenoxy) is 1. The lowest BCUT2D eigenvalue weighted by Crippen LogP contribution is -2.33. The molecule has 0 aromatic carbocycles. The van der Waals surface area contributed by atoms with E-state index in [1.54, 1.807) is 6.92 Å². The molecule has 2 bridgehead atoms. The Morgan fingerprint density at radius 3 is 2.50 bits per heavy atom. The third-order valence-corrected chi connectivity index (χ3v) is 3.89. The van der Waals surface area contributed by atoms with Crippen molar-refractivity contribution in [3.05, 3.63) is 0 Å². The van der Waals surface area contributed by atoms with Crippen LogP contribution in [0.15, 0.2) is 0 Å². The average Bonchev–Trinajstić information content (AvgIpc) is 2.57. The van der Waals surface area contributed by atoms with Gasteiger partial charge in [0.2, 0.25) is 5.24 Å². The molecule has 0 aromatic rings. The summed E-state index contributed by atoms with van der Waals surface area (Å²) in [7, 11) is 0. The van der Waals surface area contributed by atoms with Gasteiger partial charge in [0, 0.05) is 5.41 Å². The molecule has 0 N–H and O–H groups in total. The maximum absolute atomic E-state index is 11.5. The van der Waals surface area contributed by atoms with E-state index in [0.29, 0.717) is 18.9 Å². The predicted molar refractivity (Wildman–Crippen MR) is 50.8 cm³/mol. The van der Waals surface area contributed by atoms with Gasteiger partial charge in [0.15, 0.2) is 0 Å². The quantitative estimate of drug-likeness (QED) is 0.533. The smallest absolute Gasteiger partial charge is 0.309 e. The zero-order valence-corrected chi connectivity index (χ0v) is 8.84. The zero-order chi connectivity index (χ0) is 10.3. The number of hydrogen-bond acceptors (Lipinski definition) is 3. The van der Waals surface area contributed by atoms with Crippen molar-refractivity contribution in [2.75, 3.05) is 6.61 Å². The van der Waals surface area contributed by atoms with Crippen LogP contribution >= 0.6 is 11.6 Å². The van der Waals surface area contributed by atoms with Gasteiger partial charge in [-0.1, -0.05) is 0 Å². The summed E-state index contributed by atoms with van der Waals surface area (Å²) in [6, 6.07) is 0. The number of esters is 1. The summed E-state index contributed by atoms with van der Waals surface area (Å²) in [5.74, 6) is 0.0872. The minimum Gasteiger partial charge on any atom is -0.466 e. The van der Waals surface area contributed by atoms with Crippen molar-refractivity contribution in [3.63, 3.8) is 0 Å². The van der Waals surface area contributed by atoms with Crippen LogP contribution < -0.4 is 0 Å². The van der Waals surface area contributed by atoms with Crippen molar-refractivity contribution in [2.24, 2.45) is 17.3 Å². The molecule has 0 aromatic heterocycles. The van der Waals surface area contributed by atoms with Gasteiger partial charge >= 0.3 is 5.97 Å². The van der Waals surface area contributed by atoms with E-state index in [2.05, 4.69) is 0 Å². The first-order valence-electron chi connectivity index (χ1n) is 4.95. The molecule has 3 nitrogen and oxygen atoms in total. The van der Waals surface area contributed by atoms with Crippen LogP contribution in [0.2, 0.25) is 0 Å². The molecule has 0 radical (unpaired) electrons. The predicted octanol–water partition coefficient (Wildman–Crippen LogP) is 1.73. The summed E-state index contributed by atoms with van der Waals surface area (Å²) in [4.78, 5) is 22.6. The Morgan fingerprint density at radius 1 is 1.43 bits per heavy atom. The van der Waals surface area contributed by atoms with Crippen molar-refractivity contribution in [1.82, 2.24) is 0 Å². The Labute approximate surface area is 87.8 Å². The maximum Gasteiger partial charge on any atom is 0.309 e. The van der Waals surface area contributed by atoms with E-state index in [0.717, 1.165) is 12.8 Å². The highest BCUT2D eigenvalue weighted by Crippen LogP contribution is 2.62. The van der Waals surface area contributed by atoms with Crippen LogP contribution in [0, 0.1) is 17.3 Å². The summed E-state index contributed by atoms with van der Waals surface area (Å²) in [5.41, 5.74) is -0.385. The molecule has 3 aliphatic carbocycles. The SMILES string of the molecule is CCOC(=O)C1CC2(C(=O)Cl)CC1C2. The topological polar surface area (TPSA) is 43.4 Å². The number of hydrogen-bond donors (Lipinski definition) is 0. The number of fused-ring (bicyclic) bond motifs is 1. The normalized spacial score (nSPS) is 39.0. The first-order chi connectivity index (χ1) is 6.59. The molecular formula is C10H13ClO3. The van der Waals surface area contributed by atoms with E-state index in [9.17, 15) is 9.59 Å².